The minimum absolute atomic E-state index is 0.0562. The number of amides is 2. The van der Waals surface area contributed by atoms with Crippen LogP contribution in [-0.2, 0) is 9.59 Å². The summed E-state index contributed by atoms with van der Waals surface area (Å²) in [6, 6.07) is 11.1. The fourth-order valence-electron chi connectivity index (χ4n) is 3.57. The number of benzene rings is 2. The van der Waals surface area contributed by atoms with E-state index < -0.39 is 0 Å². The summed E-state index contributed by atoms with van der Waals surface area (Å²) in [4.78, 5) is 28.7. The Morgan fingerprint density at radius 2 is 1.58 bits per heavy atom. The molecular weight excluding hydrogens is 446 g/mol. The van der Waals surface area contributed by atoms with Crippen molar-refractivity contribution in [1.29, 1.82) is 0 Å². The maximum atomic E-state index is 12.5. The maximum Gasteiger partial charge on any atom is 0.244 e. The van der Waals surface area contributed by atoms with Crippen LogP contribution >= 0.6 is 11.6 Å². The highest BCUT2D eigenvalue weighted by atomic mass is 35.5. The number of anilines is 1. The van der Waals surface area contributed by atoms with Crippen LogP contribution in [0.4, 0.5) is 5.69 Å². The van der Waals surface area contributed by atoms with Gasteiger partial charge in [0.1, 0.15) is 0 Å². The zero-order valence-corrected chi connectivity index (χ0v) is 19.7. The lowest BCUT2D eigenvalue weighted by molar-refractivity contribution is -0.132. The van der Waals surface area contributed by atoms with E-state index in [1.807, 2.05) is 24.3 Å². The van der Waals surface area contributed by atoms with Gasteiger partial charge in [0.15, 0.2) is 11.5 Å². The summed E-state index contributed by atoms with van der Waals surface area (Å²) in [5.74, 6) is 0.982. The van der Waals surface area contributed by atoms with Gasteiger partial charge in [0, 0.05) is 43.0 Å². The Morgan fingerprint density at radius 3 is 2.12 bits per heavy atom. The number of carbonyl (C=O) groups excluding carboxylic acids is 2. The van der Waals surface area contributed by atoms with E-state index in [0.717, 1.165) is 18.8 Å². The zero-order chi connectivity index (χ0) is 23.8. The molecule has 176 valence electrons. The fourth-order valence-corrected chi connectivity index (χ4v) is 3.69. The summed E-state index contributed by atoms with van der Waals surface area (Å²) in [5.41, 5.74) is 1.78. The molecule has 0 unspecified atom stereocenters. The summed E-state index contributed by atoms with van der Waals surface area (Å²) in [6.45, 7) is 2.58. The van der Waals surface area contributed by atoms with E-state index in [4.69, 9.17) is 25.8 Å². The first kappa shape index (κ1) is 24.3. The van der Waals surface area contributed by atoms with Gasteiger partial charge in [0.25, 0.3) is 0 Å². The van der Waals surface area contributed by atoms with Crippen LogP contribution in [0.5, 0.6) is 17.2 Å². The third-order valence-electron chi connectivity index (χ3n) is 5.35. The second kappa shape index (κ2) is 11.5. The van der Waals surface area contributed by atoms with Gasteiger partial charge < -0.3 is 29.3 Å². The van der Waals surface area contributed by atoms with Gasteiger partial charge >= 0.3 is 0 Å². The van der Waals surface area contributed by atoms with Gasteiger partial charge in [-0.2, -0.15) is 0 Å². The molecule has 1 saturated heterocycles. The van der Waals surface area contributed by atoms with Crippen molar-refractivity contribution in [2.45, 2.75) is 0 Å². The Balaban J connectivity index is 1.49. The van der Waals surface area contributed by atoms with Crippen LogP contribution in [0.25, 0.3) is 6.08 Å². The minimum atomic E-state index is -0.364. The number of ether oxygens (including phenoxy) is 3. The molecule has 2 aromatic rings. The molecule has 9 heteroatoms. The van der Waals surface area contributed by atoms with Crippen molar-refractivity contribution in [3.05, 3.63) is 53.1 Å². The van der Waals surface area contributed by atoms with Crippen LogP contribution in [-0.4, -0.2) is 70.8 Å². The number of piperazine rings is 1. The van der Waals surface area contributed by atoms with E-state index in [9.17, 15) is 9.59 Å². The van der Waals surface area contributed by atoms with E-state index in [1.54, 1.807) is 23.1 Å². The molecule has 0 atom stereocenters. The molecule has 2 amide bonds. The average Bonchev–Trinajstić information content (AvgIpc) is 2.85. The van der Waals surface area contributed by atoms with E-state index >= 15 is 0 Å². The highest BCUT2D eigenvalue weighted by Gasteiger charge is 2.21. The SMILES string of the molecule is COc1cc(/C=C/C(=O)NCC(=O)N2CCN(c3ccc(Cl)cc3)CC2)cc(OC)c1OC. The van der Waals surface area contributed by atoms with Crippen molar-refractivity contribution in [2.75, 3.05) is 59.0 Å². The fraction of sp³-hybridized carbons (Fsp3) is 0.333. The van der Waals surface area contributed by atoms with E-state index in [1.165, 1.54) is 27.4 Å². The first-order valence-corrected chi connectivity index (χ1v) is 10.9. The number of hydrogen-bond acceptors (Lipinski definition) is 6. The van der Waals surface area contributed by atoms with Crippen LogP contribution in [0.15, 0.2) is 42.5 Å². The van der Waals surface area contributed by atoms with Crippen molar-refractivity contribution in [2.24, 2.45) is 0 Å². The lowest BCUT2D eigenvalue weighted by Gasteiger charge is -2.36. The van der Waals surface area contributed by atoms with Crippen LogP contribution in [0.3, 0.4) is 0 Å². The average molecular weight is 474 g/mol. The molecule has 0 bridgehead atoms. The second-order valence-electron chi connectivity index (χ2n) is 7.35. The standard InChI is InChI=1S/C24H28ClN3O5/c1-31-20-14-17(15-21(32-2)24(20)33-3)4-9-22(29)26-16-23(30)28-12-10-27(11-13-28)19-7-5-18(25)6-8-19/h4-9,14-15H,10-13,16H2,1-3H3,(H,26,29)/b9-4+. The molecule has 8 nitrogen and oxygen atoms in total. The number of hydrogen-bond donors (Lipinski definition) is 1. The molecule has 1 aliphatic rings. The number of nitrogens with one attached hydrogen (secondary N) is 1. The Hall–Kier alpha value is -3.39. The summed E-state index contributed by atoms with van der Waals surface area (Å²) < 4.78 is 15.9. The third-order valence-corrected chi connectivity index (χ3v) is 5.60. The van der Waals surface area contributed by atoms with Crippen LogP contribution in [0, 0.1) is 0 Å². The summed E-state index contributed by atoms with van der Waals surface area (Å²) in [7, 11) is 4.58. The molecule has 0 aliphatic carbocycles. The highest BCUT2D eigenvalue weighted by molar-refractivity contribution is 6.30. The third kappa shape index (κ3) is 6.32. The first-order valence-electron chi connectivity index (χ1n) is 10.5. The van der Waals surface area contributed by atoms with Crippen molar-refractivity contribution < 1.29 is 23.8 Å². The molecule has 0 aromatic heterocycles. The minimum Gasteiger partial charge on any atom is -0.493 e. The molecule has 1 aliphatic heterocycles. The number of rotatable bonds is 8. The zero-order valence-electron chi connectivity index (χ0n) is 19.0. The predicted molar refractivity (Wildman–Crippen MR) is 128 cm³/mol. The lowest BCUT2D eigenvalue weighted by Crippen LogP contribution is -2.51. The molecule has 2 aromatic carbocycles. The molecule has 0 radical (unpaired) electrons. The number of carbonyl (C=O) groups is 2. The lowest BCUT2D eigenvalue weighted by atomic mass is 10.1. The Kier molecular flexibility index (Phi) is 8.43. The number of methoxy groups -OCH3 is 3. The van der Waals surface area contributed by atoms with Gasteiger partial charge in [0.2, 0.25) is 17.6 Å². The highest BCUT2D eigenvalue weighted by Crippen LogP contribution is 2.38. The smallest absolute Gasteiger partial charge is 0.244 e. The van der Waals surface area contributed by atoms with Gasteiger partial charge in [-0.1, -0.05) is 11.6 Å². The van der Waals surface area contributed by atoms with Gasteiger partial charge in [-0.3, -0.25) is 9.59 Å². The quantitative estimate of drug-likeness (QED) is 0.594. The normalized spacial score (nSPS) is 13.7. The summed E-state index contributed by atoms with van der Waals surface area (Å²) >= 11 is 5.95. The van der Waals surface area contributed by atoms with E-state index in [-0.39, 0.29) is 18.4 Å². The summed E-state index contributed by atoms with van der Waals surface area (Å²) in [5, 5.41) is 3.34. The summed E-state index contributed by atoms with van der Waals surface area (Å²) in [6.07, 6.45) is 2.99. The Morgan fingerprint density at radius 1 is 0.970 bits per heavy atom. The number of nitrogens with zero attached hydrogens (tertiary/aromatic N) is 2. The van der Waals surface area contributed by atoms with Gasteiger partial charge in [-0.15, -0.1) is 0 Å². The second-order valence-corrected chi connectivity index (χ2v) is 7.79. The van der Waals surface area contributed by atoms with Gasteiger partial charge in [0.05, 0.1) is 27.9 Å². The van der Waals surface area contributed by atoms with E-state index in [0.29, 0.717) is 40.9 Å². The van der Waals surface area contributed by atoms with Crippen molar-refractivity contribution in [3.63, 3.8) is 0 Å². The van der Waals surface area contributed by atoms with Crippen LogP contribution in [0.1, 0.15) is 5.56 Å². The van der Waals surface area contributed by atoms with Crippen LogP contribution < -0.4 is 24.4 Å². The Labute approximate surface area is 198 Å². The monoisotopic (exact) mass is 473 g/mol. The molecule has 3 rings (SSSR count). The first-order chi connectivity index (χ1) is 15.9. The van der Waals surface area contributed by atoms with Crippen molar-refractivity contribution in [3.8, 4) is 17.2 Å². The molecule has 0 saturated carbocycles. The predicted octanol–water partition coefficient (Wildman–Crippen LogP) is 2.84. The van der Waals surface area contributed by atoms with Crippen molar-refractivity contribution in [1.82, 2.24) is 10.2 Å². The number of halogens is 1. The van der Waals surface area contributed by atoms with Crippen LogP contribution in [0.2, 0.25) is 5.02 Å². The molecule has 1 fully saturated rings. The largest absolute Gasteiger partial charge is 0.493 e. The van der Waals surface area contributed by atoms with Gasteiger partial charge in [-0.25, -0.2) is 0 Å². The Bertz CT molecular complexity index is 977. The van der Waals surface area contributed by atoms with Gasteiger partial charge in [-0.05, 0) is 48.0 Å². The van der Waals surface area contributed by atoms with E-state index in [2.05, 4.69) is 10.2 Å². The molecular formula is C24H28ClN3O5. The molecule has 1 N–H and O–H groups in total. The topological polar surface area (TPSA) is 80.3 Å². The molecule has 1 heterocycles. The molecule has 0 spiro atoms. The van der Waals surface area contributed by atoms with Crippen molar-refractivity contribution >= 4 is 35.2 Å². The molecule has 33 heavy (non-hydrogen) atoms. The maximum absolute atomic E-state index is 12.5.